The van der Waals surface area contributed by atoms with E-state index in [4.69, 9.17) is 10.5 Å². The molecular formula is C15H19F2NO2. The number of ether oxygens (including phenoxy) is 1. The van der Waals surface area contributed by atoms with Crippen LogP contribution >= 0.6 is 0 Å². The van der Waals surface area contributed by atoms with E-state index >= 15 is 0 Å². The summed E-state index contributed by atoms with van der Waals surface area (Å²) in [6, 6.07) is 3.16. The molecular weight excluding hydrogens is 264 g/mol. The molecule has 1 unspecified atom stereocenters. The van der Waals surface area contributed by atoms with Crippen molar-refractivity contribution in [3.05, 3.63) is 35.4 Å². The summed E-state index contributed by atoms with van der Waals surface area (Å²) in [7, 11) is 0. The highest BCUT2D eigenvalue weighted by molar-refractivity contribution is 5.84. The lowest BCUT2D eigenvalue weighted by atomic mass is 9.62. The van der Waals surface area contributed by atoms with Crippen LogP contribution < -0.4 is 5.73 Å². The fourth-order valence-corrected chi connectivity index (χ4v) is 2.86. The minimum absolute atomic E-state index is 0.0145. The topological polar surface area (TPSA) is 52.3 Å². The molecule has 0 saturated heterocycles. The van der Waals surface area contributed by atoms with Crippen molar-refractivity contribution >= 4 is 5.97 Å². The molecule has 0 aromatic heterocycles. The first-order chi connectivity index (χ1) is 9.54. The van der Waals surface area contributed by atoms with Gasteiger partial charge in [-0.3, -0.25) is 4.79 Å². The molecule has 0 spiro atoms. The Hall–Kier alpha value is -1.49. The fourth-order valence-electron chi connectivity index (χ4n) is 2.86. The molecule has 0 amide bonds. The van der Waals surface area contributed by atoms with Crippen molar-refractivity contribution in [2.45, 2.75) is 31.6 Å². The van der Waals surface area contributed by atoms with E-state index in [2.05, 4.69) is 0 Å². The molecule has 20 heavy (non-hydrogen) atoms. The Morgan fingerprint density at radius 2 is 1.95 bits per heavy atom. The van der Waals surface area contributed by atoms with Crippen molar-refractivity contribution in [1.29, 1.82) is 0 Å². The van der Waals surface area contributed by atoms with Gasteiger partial charge in [-0.15, -0.1) is 0 Å². The van der Waals surface area contributed by atoms with Crippen molar-refractivity contribution in [3.63, 3.8) is 0 Å². The first kappa shape index (κ1) is 14.9. The molecule has 1 aromatic rings. The first-order valence-corrected chi connectivity index (χ1v) is 6.88. The van der Waals surface area contributed by atoms with Gasteiger partial charge in [-0.25, -0.2) is 8.78 Å². The van der Waals surface area contributed by atoms with E-state index < -0.39 is 23.0 Å². The van der Waals surface area contributed by atoms with Gasteiger partial charge in [0.1, 0.15) is 17.0 Å². The molecule has 1 fully saturated rings. The van der Waals surface area contributed by atoms with E-state index in [9.17, 15) is 13.6 Å². The number of carbonyl (C=O) groups is 1. The third kappa shape index (κ3) is 2.42. The Labute approximate surface area is 117 Å². The summed E-state index contributed by atoms with van der Waals surface area (Å²) >= 11 is 0. The van der Waals surface area contributed by atoms with E-state index in [-0.39, 0.29) is 24.6 Å². The Morgan fingerprint density at radius 3 is 2.35 bits per heavy atom. The minimum Gasteiger partial charge on any atom is -0.465 e. The van der Waals surface area contributed by atoms with Crippen LogP contribution in [0.25, 0.3) is 0 Å². The molecule has 1 aliphatic rings. The van der Waals surface area contributed by atoms with Crippen molar-refractivity contribution < 1.29 is 18.3 Å². The predicted molar refractivity (Wildman–Crippen MR) is 71.1 cm³/mol. The smallest absolute Gasteiger partial charge is 0.318 e. The minimum atomic E-state index is -1.14. The van der Waals surface area contributed by atoms with Crippen LogP contribution in [0.3, 0.4) is 0 Å². The number of hydrogen-bond acceptors (Lipinski definition) is 3. The summed E-state index contributed by atoms with van der Waals surface area (Å²) in [5, 5.41) is 0. The second-order valence-corrected chi connectivity index (χ2v) is 5.18. The van der Waals surface area contributed by atoms with Crippen LogP contribution in [0.15, 0.2) is 18.2 Å². The van der Waals surface area contributed by atoms with Gasteiger partial charge in [0.2, 0.25) is 0 Å². The summed E-state index contributed by atoms with van der Waals surface area (Å²) in [5.41, 5.74) is 4.97. The zero-order valence-electron chi connectivity index (χ0n) is 11.5. The van der Waals surface area contributed by atoms with Crippen LogP contribution in [-0.2, 0) is 14.9 Å². The average molecular weight is 283 g/mol. The number of benzene rings is 1. The quantitative estimate of drug-likeness (QED) is 0.845. The van der Waals surface area contributed by atoms with E-state index in [0.29, 0.717) is 0 Å². The lowest BCUT2D eigenvalue weighted by Crippen LogP contribution is -2.52. The van der Waals surface area contributed by atoms with E-state index in [1.165, 1.54) is 12.1 Å². The van der Waals surface area contributed by atoms with Gasteiger partial charge >= 0.3 is 5.97 Å². The van der Waals surface area contributed by atoms with Gasteiger partial charge in [0.05, 0.1) is 6.61 Å². The van der Waals surface area contributed by atoms with Crippen LogP contribution in [0, 0.1) is 17.6 Å². The molecule has 0 radical (unpaired) electrons. The van der Waals surface area contributed by atoms with Crippen molar-refractivity contribution in [1.82, 2.24) is 0 Å². The molecule has 3 nitrogen and oxygen atoms in total. The maximum atomic E-state index is 13.5. The van der Waals surface area contributed by atoms with Crippen molar-refractivity contribution in [2.24, 2.45) is 11.7 Å². The van der Waals surface area contributed by atoms with Gasteiger partial charge in [0, 0.05) is 12.6 Å². The number of nitrogens with two attached hydrogens (primary N) is 1. The van der Waals surface area contributed by atoms with Gasteiger partial charge in [-0.05, 0) is 43.4 Å². The van der Waals surface area contributed by atoms with Gasteiger partial charge in [0.25, 0.3) is 0 Å². The zero-order valence-corrected chi connectivity index (χ0v) is 11.5. The Kier molecular flexibility index (Phi) is 4.38. The number of rotatable bonds is 5. The average Bonchev–Trinajstić information content (AvgIpc) is 2.32. The van der Waals surface area contributed by atoms with Crippen molar-refractivity contribution in [2.75, 3.05) is 13.2 Å². The van der Waals surface area contributed by atoms with Crippen LogP contribution in [-0.4, -0.2) is 19.1 Å². The maximum absolute atomic E-state index is 13.5. The van der Waals surface area contributed by atoms with Gasteiger partial charge in [-0.1, -0.05) is 6.42 Å². The third-order valence-corrected chi connectivity index (χ3v) is 4.14. The molecule has 1 saturated carbocycles. The molecule has 0 heterocycles. The third-order valence-electron chi connectivity index (χ3n) is 4.14. The molecule has 2 rings (SSSR count). The van der Waals surface area contributed by atoms with Crippen LogP contribution in [0.1, 0.15) is 31.7 Å². The van der Waals surface area contributed by atoms with Crippen molar-refractivity contribution in [3.8, 4) is 0 Å². The highest BCUT2D eigenvalue weighted by Gasteiger charge is 2.49. The summed E-state index contributed by atoms with van der Waals surface area (Å²) in [6.45, 7) is 1.90. The molecule has 1 atom stereocenters. The van der Waals surface area contributed by atoms with Gasteiger partial charge in [0.15, 0.2) is 0 Å². The summed E-state index contributed by atoms with van der Waals surface area (Å²) < 4.78 is 32.1. The largest absolute Gasteiger partial charge is 0.465 e. The van der Waals surface area contributed by atoms with Gasteiger partial charge < -0.3 is 10.5 Å². The Balaban J connectivity index is 2.51. The monoisotopic (exact) mass is 283 g/mol. The second-order valence-electron chi connectivity index (χ2n) is 5.18. The maximum Gasteiger partial charge on any atom is 0.318 e. The van der Waals surface area contributed by atoms with Gasteiger partial charge in [-0.2, -0.15) is 0 Å². The number of hydrogen-bond donors (Lipinski definition) is 1. The molecule has 5 heteroatoms. The highest BCUT2D eigenvalue weighted by Crippen LogP contribution is 2.45. The molecule has 0 aliphatic heterocycles. The summed E-state index contributed by atoms with van der Waals surface area (Å²) in [4.78, 5) is 12.4. The number of esters is 1. The molecule has 2 N–H and O–H groups in total. The normalized spacial score (nSPS) is 18.2. The highest BCUT2D eigenvalue weighted by atomic mass is 19.1. The second kappa shape index (κ2) is 5.87. The van der Waals surface area contributed by atoms with Crippen LogP contribution in [0.2, 0.25) is 0 Å². The lowest BCUT2D eigenvalue weighted by molar-refractivity contribution is -0.153. The lowest BCUT2D eigenvalue weighted by Gasteiger charge is -2.43. The summed E-state index contributed by atoms with van der Waals surface area (Å²) in [6.07, 6.45) is 2.62. The SMILES string of the molecule is CCOC(=O)C(CN)(c1cc(F)cc(F)c1)C1CCC1. The first-order valence-electron chi connectivity index (χ1n) is 6.88. The van der Waals surface area contributed by atoms with E-state index in [1.54, 1.807) is 6.92 Å². The summed E-state index contributed by atoms with van der Waals surface area (Å²) in [5.74, 6) is -1.92. The standard InChI is InChI=1S/C15H19F2NO2/c1-2-20-14(19)15(9-18,10-4-3-5-10)11-6-12(16)8-13(17)7-11/h6-8,10H,2-5,9,18H2,1H3. The molecule has 1 aliphatic carbocycles. The van der Waals surface area contributed by atoms with E-state index in [1.807, 2.05) is 0 Å². The zero-order chi connectivity index (χ0) is 14.8. The molecule has 1 aromatic carbocycles. The Morgan fingerprint density at radius 1 is 1.35 bits per heavy atom. The number of carbonyl (C=O) groups excluding carboxylic acids is 1. The van der Waals surface area contributed by atoms with E-state index in [0.717, 1.165) is 25.3 Å². The fraction of sp³-hybridized carbons (Fsp3) is 0.533. The van der Waals surface area contributed by atoms with Crippen LogP contribution in [0.5, 0.6) is 0 Å². The predicted octanol–water partition coefficient (Wildman–Crippen LogP) is 2.52. The molecule has 110 valence electrons. The Bertz CT molecular complexity index is 482. The molecule has 0 bridgehead atoms. The number of halogens is 2. The van der Waals surface area contributed by atoms with Crippen LogP contribution in [0.4, 0.5) is 8.78 Å².